The minimum Gasteiger partial charge on any atom is -0.467 e. The molecule has 116 valence electrons. The molecular formula is C14H19N7O. The van der Waals surface area contributed by atoms with E-state index in [2.05, 4.69) is 36.8 Å². The van der Waals surface area contributed by atoms with E-state index in [0.717, 1.165) is 37.6 Å². The molecular weight excluding hydrogens is 282 g/mol. The van der Waals surface area contributed by atoms with Crippen molar-refractivity contribution in [3.05, 3.63) is 18.5 Å². The highest BCUT2D eigenvalue weighted by Crippen LogP contribution is 2.23. The summed E-state index contributed by atoms with van der Waals surface area (Å²) < 4.78 is 4.97. The van der Waals surface area contributed by atoms with Crippen molar-refractivity contribution in [3.63, 3.8) is 0 Å². The Balaban J connectivity index is 1.88. The molecule has 1 saturated heterocycles. The maximum Gasteiger partial charge on any atom is 0.316 e. The second-order valence-corrected chi connectivity index (χ2v) is 5.22. The van der Waals surface area contributed by atoms with Crippen LogP contribution in [0.25, 0.3) is 11.3 Å². The lowest BCUT2D eigenvalue weighted by molar-refractivity contribution is 0.312. The van der Waals surface area contributed by atoms with Crippen LogP contribution in [-0.4, -0.2) is 65.2 Å². The summed E-state index contributed by atoms with van der Waals surface area (Å²) in [6, 6.07) is 2.25. The smallest absolute Gasteiger partial charge is 0.316 e. The zero-order valence-corrected chi connectivity index (χ0v) is 12.7. The Morgan fingerprint density at radius 1 is 1.09 bits per heavy atom. The van der Waals surface area contributed by atoms with E-state index in [9.17, 15) is 0 Å². The van der Waals surface area contributed by atoms with Crippen LogP contribution in [0.5, 0.6) is 6.01 Å². The average molecular weight is 301 g/mol. The van der Waals surface area contributed by atoms with Crippen LogP contribution in [0, 0.1) is 0 Å². The molecule has 0 unspecified atom stereocenters. The van der Waals surface area contributed by atoms with E-state index in [1.807, 2.05) is 6.07 Å². The van der Waals surface area contributed by atoms with E-state index >= 15 is 0 Å². The van der Waals surface area contributed by atoms with Crippen LogP contribution in [0.2, 0.25) is 0 Å². The lowest BCUT2D eigenvalue weighted by atomic mass is 10.2. The number of nitrogens with zero attached hydrogens (tertiary/aromatic N) is 6. The highest BCUT2D eigenvalue weighted by molar-refractivity contribution is 5.63. The number of likely N-dealkylation sites (N-methyl/N-ethyl adjacent to an activating group) is 1. The molecule has 8 nitrogen and oxygen atoms in total. The van der Waals surface area contributed by atoms with Gasteiger partial charge in [0.2, 0.25) is 5.95 Å². The van der Waals surface area contributed by atoms with Crippen LogP contribution >= 0.6 is 0 Å². The van der Waals surface area contributed by atoms with Gasteiger partial charge in [-0.05, 0) is 7.05 Å². The first-order valence-corrected chi connectivity index (χ1v) is 7.10. The predicted octanol–water partition coefficient (Wildman–Crippen LogP) is 0.276. The third kappa shape index (κ3) is 3.06. The van der Waals surface area contributed by atoms with Gasteiger partial charge in [-0.1, -0.05) is 0 Å². The minimum absolute atomic E-state index is 0.252. The van der Waals surface area contributed by atoms with E-state index < -0.39 is 0 Å². The molecule has 0 bridgehead atoms. The number of piperazine rings is 1. The number of methoxy groups -OCH3 is 1. The summed E-state index contributed by atoms with van der Waals surface area (Å²) >= 11 is 0. The first-order chi connectivity index (χ1) is 10.7. The van der Waals surface area contributed by atoms with Crippen LogP contribution in [0.3, 0.4) is 0 Å². The van der Waals surface area contributed by atoms with E-state index in [1.54, 1.807) is 12.4 Å². The Morgan fingerprint density at radius 2 is 1.77 bits per heavy atom. The number of hydrogen-bond acceptors (Lipinski definition) is 8. The first-order valence-electron chi connectivity index (χ1n) is 7.10. The highest BCUT2D eigenvalue weighted by Gasteiger charge is 2.17. The fraction of sp³-hybridized carbons (Fsp3) is 0.429. The van der Waals surface area contributed by atoms with Gasteiger partial charge >= 0.3 is 6.01 Å². The molecule has 0 saturated carbocycles. The van der Waals surface area contributed by atoms with E-state index in [4.69, 9.17) is 10.5 Å². The number of ether oxygens (including phenoxy) is 1. The van der Waals surface area contributed by atoms with Gasteiger partial charge in [-0.2, -0.15) is 4.98 Å². The second-order valence-electron chi connectivity index (χ2n) is 5.22. The standard InChI is InChI=1S/C14H19N7O/c1-20-3-5-21(6-4-20)12-7-11(18-13(15)19-12)10-8-16-14(22-2)17-9-10/h7-9H,3-6H2,1-2H3,(H2,15,18,19). The van der Waals surface area contributed by atoms with Crippen LogP contribution in [0.1, 0.15) is 0 Å². The van der Waals surface area contributed by atoms with Crippen LogP contribution in [0.15, 0.2) is 18.5 Å². The Morgan fingerprint density at radius 3 is 2.41 bits per heavy atom. The van der Waals surface area contributed by atoms with Gasteiger partial charge in [0.25, 0.3) is 0 Å². The number of rotatable bonds is 3. The second kappa shape index (κ2) is 6.10. The summed E-state index contributed by atoms with van der Waals surface area (Å²) in [6.45, 7) is 3.85. The van der Waals surface area contributed by atoms with Gasteiger partial charge in [0.05, 0.1) is 12.8 Å². The molecule has 2 aromatic rings. The summed E-state index contributed by atoms with van der Waals surface area (Å²) in [4.78, 5) is 21.3. The van der Waals surface area contributed by atoms with Crippen molar-refractivity contribution in [2.24, 2.45) is 0 Å². The normalized spacial score (nSPS) is 15.8. The fourth-order valence-electron chi connectivity index (χ4n) is 2.35. The Labute approximate surface area is 129 Å². The molecule has 22 heavy (non-hydrogen) atoms. The molecule has 0 amide bonds. The van der Waals surface area contributed by atoms with Crippen LogP contribution in [-0.2, 0) is 0 Å². The zero-order chi connectivity index (χ0) is 15.5. The Kier molecular flexibility index (Phi) is 4.01. The van der Waals surface area contributed by atoms with Crippen molar-refractivity contribution in [2.45, 2.75) is 0 Å². The summed E-state index contributed by atoms with van der Waals surface area (Å²) in [6.07, 6.45) is 3.34. The van der Waals surface area contributed by atoms with Gasteiger partial charge in [-0.25, -0.2) is 15.0 Å². The summed E-state index contributed by atoms with van der Waals surface area (Å²) in [5, 5.41) is 0. The van der Waals surface area contributed by atoms with Crippen LogP contribution in [0.4, 0.5) is 11.8 Å². The Bertz CT molecular complexity index is 638. The highest BCUT2D eigenvalue weighted by atomic mass is 16.5. The van der Waals surface area contributed by atoms with Crippen molar-refractivity contribution in [3.8, 4) is 17.3 Å². The SMILES string of the molecule is COc1ncc(-c2cc(N3CCN(C)CC3)nc(N)n2)cn1. The van der Waals surface area contributed by atoms with Crippen molar-refractivity contribution < 1.29 is 4.74 Å². The quantitative estimate of drug-likeness (QED) is 0.864. The maximum absolute atomic E-state index is 5.86. The van der Waals surface area contributed by atoms with Gasteiger partial charge in [0, 0.05) is 50.2 Å². The number of hydrogen-bond donors (Lipinski definition) is 1. The molecule has 0 spiro atoms. The summed E-state index contributed by atoms with van der Waals surface area (Å²) in [5.74, 6) is 1.09. The summed E-state index contributed by atoms with van der Waals surface area (Å²) in [5.41, 5.74) is 7.36. The molecule has 0 radical (unpaired) electrons. The van der Waals surface area contributed by atoms with Gasteiger partial charge in [-0.15, -0.1) is 0 Å². The van der Waals surface area contributed by atoms with Gasteiger partial charge in [0.1, 0.15) is 5.82 Å². The minimum atomic E-state index is 0.252. The number of nitrogens with two attached hydrogens (primary N) is 1. The third-order valence-corrected chi connectivity index (χ3v) is 3.66. The monoisotopic (exact) mass is 301 g/mol. The topological polar surface area (TPSA) is 93.3 Å². The fourth-order valence-corrected chi connectivity index (χ4v) is 2.35. The maximum atomic E-state index is 5.86. The third-order valence-electron chi connectivity index (χ3n) is 3.66. The molecule has 2 aromatic heterocycles. The van der Waals surface area contributed by atoms with Gasteiger partial charge in [-0.3, -0.25) is 0 Å². The molecule has 0 atom stereocenters. The molecule has 1 aliphatic heterocycles. The van der Waals surface area contributed by atoms with Crippen molar-refractivity contribution in [2.75, 3.05) is 51.0 Å². The van der Waals surface area contributed by atoms with Gasteiger partial charge in [0.15, 0.2) is 0 Å². The van der Waals surface area contributed by atoms with Crippen molar-refractivity contribution in [1.29, 1.82) is 0 Å². The van der Waals surface area contributed by atoms with Gasteiger partial charge < -0.3 is 20.3 Å². The first kappa shape index (κ1) is 14.5. The number of nitrogen functional groups attached to an aromatic ring is 1. The molecule has 1 aliphatic rings. The molecule has 3 heterocycles. The van der Waals surface area contributed by atoms with Crippen LogP contribution < -0.4 is 15.4 Å². The molecule has 0 aromatic carbocycles. The molecule has 0 aliphatic carbocycles. The zero-order valence-electron chi connectivity index (χ0n) is 12.7. The lowest BCUT2D eigenvalue weighted by Gasteiger charge is -2.33. The predicted molar refractivity (Wildman–Crippen MR) is 83.7 cm³/mol. The number of aromatic nitrogens is 4. The number of anilines is 2. The molecule has 8 heteroatoms. The summed E-state index contributed by atoms with van der Waals surface area (Å²) in [7, 11) is 3.65. The molecule has 3 rings (SSSR count). The largest absolute Gasteiger partial charge is 0.467 e. The average Bonchev–Trinajstić information content (AvgIpc) is 2.55. The molecule has 1 fully saturated rings. The Hall–Kier alpha value is -2.48. The molecule has 2 N–H and O–H groups in total. The lowest BCUT2D eigenvalue weighted by Crippen LogP contribution is -2.44. The van der Waals surface area contributed by atoms with E-state index in [0.29, 0.717) is 11.7 Å². The van der Waals surface area contributed by atoms with Crippen molar-refractivity contribution >= 4 is 11.8 Å². The van der Waals surface area contributed by atoms with E-state index in [1.165, 1.54) is 7.11 Å². The van der Waals surface area contributed by atoms with Crippen molar-refractivity contribution in [1.82, 2.24) is 24.8 Å². The van der Waals surface area contributed by atoms with E-state index in [-0.39, 0.29) is 5.95 Å².